The van der Waals surface area contributed by atoms with Crippen molar-refractivity contribution in [3.05, 3.63) is 29.8 Å². The first-order valence-electron chi connectivity index (χ1n) is 9.09. The molecule has 1 fully saturated rings. The lowest BCUT2D eigenvalue weighted by Gasteiger charge is -2.42. The van der Waals surface area contributed by atoms with Crippen LogP contribution in [0.5, 0.6) is 5.75 Å². The van der Waals surface area contributed by atoms with Gasteiger partial charge in [-0.05, 0) is 67.1 Å². The minimum absolute atomic E-state index is 0.249. The highest BCUT2D eigenvalue weighted by molar-refractivity contribution is 5.81. The standard InChI is InChI=1S/C21H32O2/c1-15(2)18-12-13-21(3,4)14-19(18)20(23)7-5-6-16-8-10-17(22)11-9-16/h8-11,15,18-19,22H,5-7,12-14H2,1-4H3. The van der Waals surface area contributed by atoms with Gasteiger partial charge in [-0.2, -0.15) is 0 Å². The highest BCUT2D eigenvalue weighted by Crippen LogP contribution is 2.45. The zero-order chi connectivity index (χ0) is 17.0. The Morgan fingerprint density at radius 2 is 1.91 bits per heavy atom. The van der Waals surface area contributed by atoms with Crippen LogP contribution in [0.1, 0.15) is 65.4 Å². The molecule has 0 heterocycles. The number of benzene rings is 1. The fourth-order valence-electron chi connectivity index (χ4n) is 4.07. The van der Waals surface area contributed by atoms with Crippen LogP contribution in [0.4, 0.5) is 0 Å². The van der Waals surface area contributed by atoms with Crippen LogP contribution in [0, 0.1) is 23.2 Å². The predicted octanol–water partition coefficient (Wildman–Crippen LogP) is 5.38. The average Bonchev–Trinajstić information content (AvgIpc) is 2.48. The van der Waals surface area contributed by atoms with Gasteiger partial charge in [0.05, 0.1) is 0 Å². The summed E-state index contributed by atoms with van der Waals surface area (Å²) in [5.74, 6) is 2.17. The van der Waals surface area contributed by atoms with Crippen LogP contribution < -0.4 is 0 Å². The maximum atomic E-state index is 12.8. The Hall–Kier alpha value is -1.31. The van der Waals surface area contributed by atoms with Gasteiger partial charge in [-0.3, -0.25) is 4.79 Å². The van der Waals surface area contributed by atoms with E-state index in [1.807, 2.05) is 12.1 Å². The molecule has 0 saturated heterocycles. The van der Waals surface area contributed by atoms with E-state index in [0.717, 1.165) is 19.3 Å². The zero-order valence-corrected chi connectivity index (χ0v) is 15.1. The number of carbonyl (C=O) groups excluding carboxylic acids is 1. The van der Waals surface area contributed by atoms with Crippen LogP contribution in [0.25, 0.3) is 0 Å². The van der Waals surface area contributed by atoms with Gasteiger partial charge in [0, 0.05) is 12.3 Å². The van der Waals surface area contributed by atoms with Crippen molar-refractivity contribution in [2.75, 3.05) is 0 Å². The first-order valence-corrected chi connectivity index (χ1v) is 9.09. The first kappa shape index (κ1) is 18.0. The number of aryl methyl sites for hydroxylation is 1. The fourth-order valence-corrected chi connectivity index (χ4v) is 4.07. The molecule has 0 spiro atoms. The van der Waals surface area contributed by atoms with Crippen molar-refractivity contribution in [2.24, 2.45) is 23.2 Å². The topological polar surface area (TPSA) is 37.3 Å². The quantitative estimate of drug-likeness (QED) is 0.764. The third-order valence-electron chi connectivity index (χ3n) is 5.54. The van der Waals surface area contributed by atoms with E-state index in [1.54, 1.807) is 12.1 Å². The number of carbonyl (C=O) groups is 1. The summed E-state index contributed by atoms with van der Waals surface area (Å²) < 4.78 is 0. The lowest BCUT2D eigenvalue weighted by Crippen LogP contribution is -2.37. The summed E-state index contributed by atoms with van der Waals surface area (Å²) in [4.78, 5) is 12.8. The van der Waals surface area contributed by atoms with Crippen LogP contribution in [-0.4, -0.2) is 10.9 Å². The first-order chi connectivity index (χ1) is 10.8. The Kier molecular flexibility index (Phi) is 5.89. The van der Waals surface area contributed by atoms with Crippen LogP contribution in [-0.2, 0) is 11.2 Å². The van der Waals surface area contributed by atoms with Crippen molar-refractivity contribution >= 4 is 5.78 Å². The number of aromatic hydroxyl groups is 1. The summed E-state index contributed by atoms with van der Waals surface area (Å²) in [7, 11) is 0. The van der Waals surface area contributed by atoms with E-state index in [-0.39, 0.29) is 5.92 Å². The van der Waals surface area contributed by atoms with Gasteiger partial charge in [0.2, 0.25) is 0 Å². The Morgan fingerprint density at radius 3 is 2.52 bits per heavy atom. The summed E-state index contributed by atoms with van der Waals surface area (Å²) >= 11 is 0. The van der Waals surface area contributed by atoms with Crippen molar-refractivity contribution in [3.63, 3.8) is 0 Å². The summed E-state index contributed by atoms with van der Waals surface area (Å²) in [6, 6.07) is 7.33. The molecule has 128 valence electrons. The number of hydrogen-bond donors (Lipinski definition) is 1. The second-order valence-corrected chi connectivity index (χ2v) is 8.41. The zero-order valence-electron chi connectivity index (χ0n) is 15.1. The molecule has 1 N–H and O–H groups in total. The van der Waals surface area contributed by atoms with Gasteiger partial charge in [-0.1, -0.05) is 39.8 Å². The maximum absolute atomic E-state index is 12.8. The number of hydrogen-bond acceptors (Lipinski definition) is 2. The molecular weight excluding hydrogens is 284 g/mol. The Balaban J connectivity index is 1.90. The van der Waals surface area contributed by atoms with Gasteiger partial charge in [0.25, 0.3) is 0 Å². The molecule has 1 aromatic carbocycles. The fraction of sp³-hybridized carbons (Fsp3) is 0.667. The van der Waals surface area contributed by atoms with E-state index in [4.69, 9.17) is 0 Å². The van der Waals surface area contributed by atoms with Crippen molar-refractivity contribution in [1.82, 2.24) is 0 Å². The highest BCUT2D eigenvalue weighted by Gasteiger charge is 2.39. The molecule has 0 bridgehead atoms. The summed E-state index contributed by atoms with van der Waals surface area (Å²) in [6.45, 7) is 9.14. The van der Waals surface area contributed by atoms with Gasteiger partial charge >= 0.3 is 0 Å². The third kappa shape index (κ3) is 5.09. The van der Waals surface area contributed by atoms with Crippen molar-refractivity contribution in [1.29, 1.82) is 0 Å². The molecule has 2 unspecified atom stereocenters. The molecule has 2 rings (SSSR count). The molecule has 1 aliphatic carbocycles. The molecule has 0 radical (unpaired) electrons. The Bertz CT molecular complexity index is 513. The minimum atomic E-state index is 0.249. The van der Waals surface area contributed by atoms with E-state index in [0.29, 0.717) is 35.2 Å². The van der Waals surface area contributed by atoms with Crippen LogP contribution >= 0.6 is 0 Å². The largest absolute Gasteiger partial charge is 0.508 e. The SMILES string of the molecule is CC(C)C1CCC(C)(C)CC1C(=O)CCCc1ccc(O)cc1. The molecule has 2 atom stereocenters. The molecule has 23 heavy (non-hydrogen) atoms. The molecule has 1 saturated carbocycles. The molecule has 0 aromatic heterocycles. The predicted molar refractivity (Wildman–Crippen MR) is 95.5 cm³/mol. The Labute approximate surface area is 141 Å². The van der Waals surface area contributed by atoms with Crippen LogP contribution in [0.15, 0.2) is 24.3 Å². The van der Waals surface area contributed by atoms with Gasteiger partial charge in [0.15, 0.2) is 0 Å². The average molecular weight is 316 g/mol. The smallest absolute Gasteiger partial charge is 0.136 e. The molecule has 2 heteroatoms. The van der Waals surface area contributed by atoms with Crippen molar-refractivity contribution < 1.29 is 9.90 Å². The highest BCUT2D eigenvalue weighted by atomic mass is 16.3. The number of ketones is 1. The van der Waals surface area contributed by atoms with E-state index in [2.05, 4.69) is 27.7 Å². The van der Waals surface area contributed by atoms with Crippen molar-refractivity contribution in [2.45, 2.75) is 66.2 Å². The second-order valence-electron chi connectivity index (χ2n) is 8.41. The summed E-state index contributed by atoms with van der Waals surface area (Å²) in [5.41, 5.74) is 1.50. The molecular formula is C21H32O2. The number of phenols is 1. The third-order valence-corrected chi connectivity index (χ3v) is 5.54. The van der Waals surface area contributed by atoms with Gasteiger partial charge in [-0.15, -0.1) is 0 Å². The monoisotopic (exact) mass is 316 g/mol. The van der Waals surface area contributed by atoms with Crippen molar-refractivity contribution in [3.8, 4) is 5.75 Å². The maximum Gasteiger partial charge on any atom is 0.136 e. The van der Waals surface area contributed by atoms with E-state index >= 15 is 0 Å². The lowest BCUT2D eigenvalue weighted by atomic mass is 9.62. The lowest BCUT2D eigenvalue weighted by molar-refractivity contribution is -0.128. The number of phenolic OH excluding ortho intramolecular Hbond substituents is 1. The van der Waals surface area contributed by atoms with E-state index in [1.165, 1.54) is 18.4 Å². The van der Waals surface area contributed by atoms with Gasteiger partial charge in [-0.25, -0.2) is 0 Å². The van der Waals surface area contributed by atoms with E-state index < -0.39 is 0 Å². The molecule has 0 aliphatic heterocycles. The van der Waals surface area contributed by atoms with Crippen LogP contribution in [0.2, 0.25) is 0 Å². The van der Waals surface area contributed by atoms with E-state index in [9.17, 15) is 9.90 Å². The number of rotatable bonds is 6. The minimum Gasteiger partial charge on any atom is -0.508 e. The molecule has 1 aliphatic rings. The van der Waals surface area contributed by atoms with Gasteiger partial charge in [0.1, 0.15) is 11.5 Å². The molecule has 0 amide bonds. The molecule has 2 nitrogen and oxygen atoms in total. The Morgan fingerprint density at radius 1 is 1.26 bits per heavy atom. The number of Topliss-reactive ketones (excluding diaryl/α,β-unsaturated/α-hetero) is 1. The summed E-state index contributed by atoms with van der Waals surface area (Å²) in [6.07, 6.45) is 5.99. The van der Waals surface area contributed by atoms with Gasteiger partial charge < -0.3 is 5.11 Å². The van der Waals surface area contributed by atoms with Crippen LogP contribution in [0.3, 0.4) is 0 Å². The molecule has 1 aromatic rings. The second kappa shape index (κ2) is 7.51. The summed E-state index contributed by atoms with van der Waals surface area (Å²) in [5, 5.41) is 9.32. The normalized spacial score (nSPS) is 23.9.